The van der Waals surface area contributed by atoms with Crippen molar-refractivity contribution in [3.05, 3.63) is 93.8 Å². The number of nitrogens with zero attached hydrogens (tertiary/aromatic N) is 1. The van der Waals surface area contributed by atoms with Crippen molar-refractivity contribution in [3.8, 4) is 11.1 Å². The molecule has 0 atom stereocenters. The predicted octanol–water partition coefficient (Wildman–Crippen LogP) is 4.09. The molecule has 3 N–H and O–H groups in total. The maximum Gasteiger partial charge on any atom is 0.272 e. The van der Waals surface area contributed by atoms with E-state index in [2.05, 4.69) is 63.3 Å². The van der Waals surface area contributed by atoms with E-state index in [0.29, 0.717) is 5.39 Å². The van der Waals surface area contributed by atoms with Gasteiger partial charge in [-0.2, -0.15) is 5.10 Å². The van der Waals surface area contributed by atoms with E-state index in [4.69, 9.17) is 0 Å². The molecule has 0 saturated carbocycles. The standard InChI is InChI=1S/C25H24N4O/c30-25-23-9-4-3-8-22(23)24(28-29-25)27-13-5-12-26-16-17-10-11-21-19(14-17)15-18-6-1-2-7-20(18)21/h1-4,6-11,14,26H,5,12-13,15-16H2,(H,27,28)(H,29,30). The van der Waals surface area contributed by atoms with Crippen LogP contribution >= 0.6 is 0 Å². The van der Waals surface area contributed by atoms with Gasteiger partial charge in [0.05, 0.1) is 5.39 Å². The van der Waals surface area contributed by atoms with E-state index in [9.17, 15) is 4.79 Å². The Hall–Kier alpha value is -3.44. The lowest BCUT2D eigenvalue weighted by molar-refractivity contribution is 0.662. The lowest BCUT2D eigenvalue weighted by Crippen LogP contribution is -2.19. The van der Waals surface area contributed by atoms with E-state index in [1.54, 1.807) is 0 Å². The van der Waals surface area contributed by atoms with E-state index in [0.717, 1.165) is 43.7 Å². The Bertz CT molecular complexity index is 1260. The van der Waals surface area contributed by atoms with Gasteiger partial charge in [0.15, 0.2) is 5.82 Å². The third-order valence-corrected chi connectivity index (χ3v) is 5.71. The Morgan fingerprint density at radius 2 is 1.67 bits per heavy atom. The summed E-state index contributed by atoms with van der Waals surface area (Å²) in [5.41, 5.74) is 6.76. The van der Waals surface area contributed by atoms with Gasteiger partial charge in [-0.15, -0.1) is 0 Å². The largest absolute Gasteiger partial charge is 0.368 e. The van der Waals surface area contributed by atoms with Crippen molar-refractivity contribution in [2.24, 2.45) is 0 Å². The average Bonchev–Trinajstić information content (AvgIpc) is 3.15. The van der Waals surface area contributed by atoms with Crippen LogP contribution in [-0.2, 0) is 13.0 Å². The first-order chi connectivity index (χ1) is 14.8. The molecule has 1 aromatic heterocycles. The number of H-pyrrole nitrogens is 1. The molecular formula is C25H24N4O. The zero-order chi connectivity index (χ0) is 20.3. The molecule has 30 heavy (non-hydrogen) atoms. The normalized spacial score (nSPS) is 12.0. The molecule has 0 spiro atoms. The summed E-state index contributed by atoms with van der Waals surface area (Å²) in [7, 11) is 0. The van der Waals surface area contributed by atoms with Gasteiger partial charge in [-0.3, -0.25) is 4.79 Å². The molecule has 0 fully saturated rings. The number of hydrogen-bond acceptors (Lipinski definition) is 4. The number of fused-ring (bicyclic) bond motifs is 4. The van der Waals surface area contributed by atoms with Gasteiger partial charge in [-0.25, -0.2) is 5.10 Å². The highest BCUT2D eigenvalue weighted by Crippen LogP contribution is 2.36. The molecule has 0 amide bonds. The fourth-order valence-electron chi connectivity index (χ4n) is 4.21. The van der Waals surface area contributed by atoms with E-state index in [-0.39, 0.29) is 5.56 Å². The Morgan fingerprint density at radius 3 is 2.60 bits per heavy atom. The number of anilines is 1. The molecule has 0 bridgehead atoms. The lowest BCUT2D eigenvalue weighted by Gasteiger charge is -2.09. The second kappa shape index (κ2) is 8.13. The molecule has 0 unspecified atom stereocenters. The monoisotopic (exact) mass is 396 g/mol. The van der Waals surface area contributed by atoms with Crippen LogP contribution in [0.25, 0.3) is 21.9 Å². The summed E-state index contributed by atoms with van der Waals surface area (Å²) in [5.74, 6) is 0.725. The number of hydrogen-bond donors (Lipinski definition) is 3. The predicted molar refractivity (Wildman–Crippen MR) is 122 cm³/mol. The second-order valence-corrected chi connectivity index (χ2v) is 7.73. The van der Waals surface area contributed by atoms with Crippen molar-refractivity contribution in [3.63, 3.8) is 0 Å². The smallest absolute Gasteiger partial charge is 0.272 e. The Morgan fingerprint density at radius 1 is 0.867 bits per heavy atom. The summed E-state index contributed by atoms with van der Waals surface area (Å²) in [6, 6.07) is 23.0. The minimum Gasteiger partial charge on any atom is -0.368 e. The SMILES string of the molecule is O=c1[nH]nc(NCCCNCc2ccc3c(c2)Cc2ccccc2-3)c2ccccc12. The molecule has 4 aromatic rings. The average molecular weight is 396 g/mol. The number of nitrogens with one attached hydrogen (secondary N) is 3. The van der Waals surface area contributed by atoms with Crippen LogP contribution in [0, 0.1) is 0 Å². The first-order valence-corrected chi connectivity index (χ1v) is 10.4. The van der Waals surface area contributed by atoms with Crippen LogP contribution in [0.4, 0.5) is 5.82 Å². The maximum absolute atomic E-state index is 11.9. The Labute approximate surface area is 175 Å². The van der Waals surface area contributed by atoms with Crippen LogP contribution in [0.15, 0.2) is 71.5 Å². The van der Waals surface area contributed by atoms with Gasteiger partial charge >= 0.3 is 0 Å². The zero-order valence-electron chi connectivity index (χ0n) is 16.7. The van der Waals surface area contributed by atoms with Crippen molar-refractivity contribution in [1.29, 1.82) is 0 Å². The topological polar surface area (TPSA) is 69.8 Å². The number of rotatable bonds is 7. The van der Waals surface area contributed by atoms with Crippen LogP contribution in [0.3, 0.4) is 0 Å². The van der Waals surface area contributed by atoms with Gasteiger partial charge in [-0.05, 0) is 53.3 Å². The van der Waals surface area contributed by atoms with Crippen LogP contribution in [0.5, 0.6) is 0 Å². The van der Waals surface area contributed by atoms with E-state index >= 15 is 0 Å². The van der Waals surface area contributed by atoms with Crippen molar-refractivity contribution < 1.29 is 0 Å². The fourth-order valence-corrected chi connectivity index (χ4v) is 4.21. The highest BCUT2D eigenvalue weighted by atomic mass is 16.1. The molecule has 0 aliphatic heterocycles. The molecule has 5 nitrogen and oxygen atoms in total. The van der Waals surface area contributed by atoms with Crippen LogP contribution < -0.4 is 16.2 Å². The third kappa shape index (κ3) is 3.60. The molecule has 0 radical (unpaired) electrons. The molecule has 150 valence electrons. The van der Waals surface area contributed by atoms with Crippen LogP contribution in [0.1, 0.15) is 23.1 Å². The van der Waals surface area contributed by atoms with Crippen molar-refractivity contribution >= 4 is 16.6 Å². The van der Waals surface area contributed by atoms with Gasteiger partial charge in [0, 0.05) is 18.5 Å². The first kappa shape index (κ1) is 18.6. The summed E-state index contributed by atoms with van der Waals surface area (Å²) in [6.45, 7) is 2.56. The van der Waals surface area contributed by atoms with Crippen molar-refractivity contribution in [2.75, 3.05) is 18.4 Å². The highest BCUT2D eigenvalue weighted by Gasteiger charge is 2.17. The maximum atomic E-state index is 11.9. The van der Waals surface area contributed by atoms with E-state index in [1.807, 2.05) is 24.3 Å². The van der Waals surface area contributed by atoms with Gasteiger partial charge < -0.3 is 10.6 Å². The van der Waals surface area contributed by atoms with Crippen molar-refractivity contribution in [2.45, 2.75) is 19.4 Å². The highest BCUT2D eigenvalue weighted by molar-refractivity contribution is 5.90. The summed E-state index contributed by atoms with van der Waals surface area (Å²) in [5, 5.41) is 15.1. The minimum atomic E-state index is -0.157. The molecule has 5 rings (SSSR count). The third-order valence-electron chi connectivity index (χ3n) is 5.71. The molecule has 5 heteroatoms. The Kier molecular flexibility index (Phi) is 5.03. The summed E-state index contributed by atoms with van der Waals surface area (Å²) in [4.78, 5) is 11.9. The fraction of sp³-hybridized carbons (Fsp3) is 0.200. The molecule has 1 heterocycles. The van der Waals surface area contributed by atoms with Gasteiger partial charge in [0.1, 0.15) is 0 Å². The van der Waals surface area contributed by atoms with E-state index in [1.165, 1.54) is 27.8 Å². The summed E-state index contributed by atoms with van der Waals surface area (Å²) < 4.78 is 0. The molecule has 0 saturated heterocycles. The quantitative estimate of drug-likeness (QED) is 0.363. The summed E-state index contributed by atoms with van der Waals surface area (Å²) >= 11 is 0. The van der Waals surface area contributed by atoms with Gasteiger partial charge in [0.25, 0.3) is 5.56 Å². The van der Waals surface area contributed by atoms with Crippen LogP contribution in [-0.4, -0.2) is 23.3 Å². The van der Waals surface area contributed by atoms with Crippen molar-refractivity contribution in [1.82, 2.24) is 15.5 Å². The van der Waals surface area contributed by atoms with Crippen LogP contribution in [0.2, 0.25) is 0 Å². The van der Waals surface area contributed by atoms with E-state index < -0.39 is 0 Å². The number of benzene rings is 3. The summed E-state index contributed by atoms with van der Waals surface area (Å²) in [6.07, 6.45) is 1.99. The molecule has 1 aliphatic rings. The Balaban J connectivity index is 1.12. The first-order valence-electron chi connectivity index (χ1n) is 10.4. The number of aromatic nitrogens is 2. The molecular weight excluding hydrogens is 372 g/mol. The lowest BCUT2D eigenvalue weighted by atomic mass is 10.0. The zero-order valence-corrected chi connectivity index (χ0v) is 16.7. The molecule has 1 aliphatic carbocycles. The van der Waals surface area contributed by atoms with Gasteiger partial charge in [-0.1, -0.05) is 60.7 Å². The minimum absolute atomic E-state index is 0.157. The number of aromatic amines is 1. The molecule has 3 aromatic carbocycles. The second-order valence-electron chi connectivity index (χ2n) is 7.73. The van der Waals surface area contributed by atoms with Gasteiger partial charge in [0.2, 0.25) is 0 Å².